The van der Waals surface area contributed by atoms with Gasteiger partial charge in [-0.05, 0) is 85.0 Å². The lowest BCUT2D eigenvalue weighted by Crippen LogP contribution is -2.53. The molecule has 6 atom stereocenters. The molecule has 5 aromatic carbocycles. The predicted molar refractivity (Wildman–Crippen MR) is 213 cm³/mol. The number of carbonyl (C=O) groups is 4. The molecular weight excluding hydrogens is 742 g/mol. The molecule has 57 heavy (non-hydrogen) atoms. The molecule has 0 bridgehead atoms. The van der Waals surface area contributed by atoms with Crippen LogP contribution in [0.3, 0.4) is 0 Å². The minimum atomic E-state index is -1.54. The number of imide groups is 2. The van der Waals surface area contributed by atoms with Gasteiger partial charge in [-0.25, -0.2) is 9.88 Å². The Balaban J connectivity index is 1.10. The van der Waals surface area contributed by atoms with Crippen LogP contribution in [-0.4, -0.2) is 40.8 Å². The van der Waals surface area contributed by atoms with Crippen molar-refractivity contribution in [1.82, 2.24) is 4.98 Å². The maximum atomic E-state index is 15.5. The van der Waals surface area contributed by atoms with E-state index >= 15 is 9.59 Å². The van der Waals surface area contributed by atoms with E-state index in [0.29, 0.717) is 44.6 Å². The first-order chi connectivity index (χ1) is 27.7. The lowest BCUT2D eigenvalue weighted by molar-refractivity contribution is -0.127. The van der Waals surface area contributed by atoms with E-state index in [1.165, 1.54) is 16.9 Å². The fourth-order valence-corrected chi connectivity index (χ4v) is 10.2. The third-order valence-corrected chi connectivity index (χ3v) is 12.6. The van der Waals surface area contributed by atoms with E-state index < -0.39 is 46.8 Å². The highest BCUT2D eigenvalue weighted by atomic mass is 35.5. The lowest BCUT2D eigenvalue weighted by Gasteiger charge is -2.50. The van der Waals surface area contributed by atoms with Crippen LogP contribution < -0.4 is 14.5 Å². The van der Waals surface area contributed by atoms with Gasteiger partial charge in [0.2, 0.25) is 29.5 Å². The van der Waals surface area contributed by atoms with Crippen molar-refractivity contribution in [2.45, 2.75) is 24.2 Å². The summed E-state index contributed by atoms with van der Waals surface area (Å²) in [6, 6.07) is 35.3. The highest BCUT2D eigenvalue weighted by molar-refractivity contribution is 6.32. The van der Waals surface area contributed by atoms with Crippen LogP contribution in [0.25, 0.3) is 22.6 Å². The van der Waals surface area contributed by atoms with Crippen LogP contribution in [0.4, 0.5) is 11.4 Å². The van der Waals surface area contributed by atoms with Crippen LogP contribution in [0.1, 0.15) is 29.9 Å². The summed E-state index contributed by atoms with van der Waals surface area (Å²) >= 11 is 6.43. The Kier molecular flexibility index (Phi) is 7.98. The molecule has 3 fully saturated rings. The smallest absolute Gasteiger partial charge is 0.246 e. The molecule has 10 nitrogen and oxygen atoms in total. The van der Waals surface area contributed by atoms with Gasteiger partial charge < -0.3 is 14.3 Å². The van der Waals surface area contributed by atoms with Crippen LogP contribution >= 0.6 is 11.6 Å². The van der Waals surface area contributed by atoms with Gasteiger partial charge in [0.1, 0.15) is 5.52 Å². The summed E-state index contributed by atoms with van der Waals surface area (Å²) in [5.41, 5.74) is 2.97. The number of anilines is 2. The number of hydrogen-bond donors (Lipinski definition) is 1. The van der Waals surface area contributed by atoms with Crippen molar-refractivity contribution in [3.8, 4) is 23.0 Å². The second-order valence-corrected chi connectivity index (χ2v) is 15.5. The number of hydrogen-bond acceptors (Lipinski definition) is 8. The summed E-state index contributed by atoms with van der Waals surface area (Å²) in [4.78, 5) is 66.6. The van der Waals surface area contributed by atoms with Crippen molar-refractivity contribution in [1.29, 1.82) is 0 Å². The number of methoxy groups -OCH3 is 1. The zero-order chi connectivity index (χ0) is 39.2. The molecule has 2 aliphatic carbocycles. The van der Waals surface area contributed by atoms with Gasteiger partial charge in [-0.15, -0.1) is 0 Å². The van der Waals surface area contributed by atoms with Crippen LogP contribution in [0, 0.1) is 23.7 Å². The average Bonchev–Trinajstić information content (AvgIpc) is 3.85. The quantitative estimate of drug-likeness (QED) is 0.132. The minimum Gasteiger partial charge on any atom is -0.504 e. The minimum absolute atomic E-state index is 0.119. The summed E-state index contributed by atoms with van der Waals surface area (Å²) in [6.45, 7) is 0. The van der Waals surface area contributed by atoms with Crippen molar-refractivity contribution in [3.05, 3.63) is 149 Å². The number of rotatable bonds is 6. The molecule has 1 saturated carbocycles. The second-order valence-electron chi connectivity index (χ2n) is 15.0. The molecule has 0 radical (unpaired) electrons. The van der Waals surface area contributed by atoms with Crippen LogP contribution in [0.15, 0.2) is 137 Å². The summed E-state index contributed by atoms with van der Waals surface area (Å²) < 4.78 is 11.5. The normalized spacial score (nSPS) is 25.4. The summed E-state index contributed by atoms with van der Waals surface area (Å²) in [5, 5.41) is 12.2. The van der Waals surface area contributed by atoms with E-state index in [-0.39, 0.29) is 36.2 Å². The zero-order valence-electron chi connectivity index (χ0n) is 30.5. The Morgan fingerprint density at radius 3 is 2.30 bits per heavy atom. The molecular formula is C46H34ClN3O7. The molecule has 2 saturated heterocycles. The highest BCUT2D eigenvalue weighted by Gasteiger charge is 2.70. The molecule has 282 valence electrons. The molecule has 1 aromatic heterocycles. The third-order valence-electron chi connectivity index (χ3n) is 12.4. The van der Waals surface area contributed by atoms with Crippen molar-refractivity contribution in [2.24, 2.45) is 23.7 Å². The molecule has 11 heteroatoms. The maximum absolute atomic E-state index is 15.5. The number of carbonyl (C=O) groups excluding carboxylic acids is 4. The van der Waals surface area contributed by atoms with E-state index in [9.17, 15) is 14.7 Å². The van der Waals surface area contributed by atoms with Gasteiger partial charge in [0.15, 0.2) is 17.1 Å². The Labute approximate surface area is 331 Å². The van der Waals surface area contributed by atoms with E-state index in [0.717, 1.165) is 11.1 Å². The number of fused-ring (bicyclic) bond motifs is 5. The number of halogens is 1. The van der Waals surface area contributed by atoms with E-state index in [2.05, 4.69) is 4.98 Å². The highest BCUT2D eigenvalue weighted by Crippen LogP contribution is 2.65. The van der Waals surface area contributed by atoms with Crippen molar-refractivity contribution in [3.63, 3.8) is 0 Å². The molecule has 6 aromatic rings. The summed E-state index contributed by atoms with van der Waals surface area (Å²) in [7, 11) is 1.45. The Morgan fingerprint density at radius 2 is 1.54 bits per heavy atom. The van der Waals surface area contributed by atoms with Gasteiger partial charge in [0.05, 0.1) is 41.7 Å². The van der Waals surface area contributed by atoms with Crippen molar-refractivity contribution < 1.29 is 33.4 Å². The van der Waals surface area contributed by atoms with Gasteiger partial charge >= 0.3 is 0 Å². The van der Waals surface area contributed by atoms with Crippen LogP contribution in [0.5, 0.6) is 11.5 Å². The number of para-hydroxylation sites is 3. The summed E-state index contributed by atoms with van der Waals surface area (Å²) in [5.74, 6) is -5.17. The van der Waals surface area contributed by atoms with Gasteiger partial charge in [0.25, 0.3) is 0 Å². The molecule has 3 heterocycles. The fraction of sp³-hybridized carbons (Fsp3) is 0.196. The standard InChI is InChI=1S/C46H34ClN3O7/c1-56-37-16-8-13-32(40(37)51)39-30-21-22-31-38(44(54)49(42(31)52)28-19-17-25(18-20-28)41-48-35-14-5-6-15-36(35)57-41)33(30)24-34-43(53)50(29-12-7-11-27(47)23-29)45(55)46(34,39)26-9-3-2-4-10-26/h2-21,23,31,33-34,38-39,51H,22,24H2,1H3. The van der Waals surface area contributed by atoms with Crippen LogP contribution in [0.2, 0.25) is 5.02 Å². The maximum Gasteiger partial charge on any atom is 0.246 e. The monoisotopic (exact) mass is 775 g/mol. The number of aromatic nitrogens is 1. The topological polar surface area (TPSA) is 130 Å². The molecule has 4 aliphatic rings. The molecule has 1 N–H and O–H groups in total. The lowest BCUT2D eigenvalue weighted by atomic mass is 9.49. The largest absolute Gasteiger partial charge is 0.504 e. The first-order valence-electron chi connectivity index (χ1n) is 18.8. The first-order valence-corrected chi connectivity index (χ1v) is 19.2. The number of phenolic OH excluding ortho intramolecular Hbond substituents is 1. The number of allylic oxidation sites excluding steroid dienone is 2. The number of ether oxygens (including phenoxy) is 1. The Bertz CT molecular complexity index is 2660. The molecule has 2 aliphatic heterocycles. The summed E-state index contributed by atoms with van der Waals surface area (Å²) in [6.07, 6.45) is 2.31. The molecule has 0 spiro atoms. The van der Waals surface area contributed by atoms with Crippen molar-refractivity contribution in [2.75, 3.05) is 16.9 Å². The number of nitrogens with zero attached hydrogens (tertiary/aromatic N) is 3. The third kappa shape index (κ3) is 4.99. The first kappa shape index (κ1) is 34.9. The van der Waals surface area contributed by atoms with Gasteiger partial charge in [-0.2, -0.15) is 0 Å². The van der Waals surface area contributed by atoms with E-state index in [1.807, 2.05) is 60.7 Å². The number of benzene rings is 5. The molecule has 6 unspecified atom stereocenters. The number of phenols is 1. The average molecular weight is 776 g/mol. The van der Waals surface area contributed by atoms with E-state index in [4.69, 9.17) is 20.8 Å². The second kappa shape index (κ2) is 13.0. The predicted octanol–water partition coefficient (Wildman–Crippen LogP) is 8.23. The van der Waals surface area contributed by atoms with Crippen molar-refractivity contribution >= 4 is 57.7 Å². The number of amides is 4. The van der Waals surface area contributed by atoms with Gasteiger partial charge in [-0.3, -0.25) is 24.1 Å². The molecule has 4 amide bonds. The van der Waals surface area contributed by atoms with Gasteiger partial charge in [-0.1, -0.05) is 83.9 Å². The SMILES string of the molecule is COc1cccc(C2C3=CCC4C(=O)N(c5ccc(-c6nc7ccccc7o6)cc5)C(=O)C4C3CC3C(=O)N(c4cccc(Cl)c4)C(=O)C32c2ccccc2)c1O. The van der Waals surface area contributed by atoms with Crippen LogP contribution in [-0.2, 0) is 24.6 Å². The Hall–Kier alpha value is -6.52. The number of aromatic hydroxyl groups is 1. The molecule has 10 rings (SSSR count). The zero-order valence-corrected chi connectivity index (χ0v) is 31.3. The van der Waals surface area contributed by atoms with E-state index in [1.54, 1.807) is 66.7 Å². The fourth-order valence-electron chi connectivity index (χ4n) is 10.0. The van der Waals surface area contributed by atoms with Gasteiger partial charge in [0, 0.05) is 22.1 Å². The number of oxazole rings is 1. The Morgan fingerprint density at radius 1 is 0.789 bits per heavy atom.